The van der Waals surface area contributed by atoms with Gasteiger partial charge in [-0.15, -0.1) is 0 Å². The van der Waals surface area contributed by atoms with Crippen LogP contribution >= 0.6 is 0 Å². The Kier molecular flexibility index (Phi) is 6.07. The van der Waals surface area contributed by atoms with Crippen molar-refractivity contribution in [2.75, 3.05) is 18.0 Å². The van der Waals surface area contributed by atoms with E-state index in [0.29, 0.717) is 30.2 Å². The van der Waals surface area contributed by atoms with Gasteiger partial charge in [0.15, 0.2) is 16.6 Å². The van der Waals surface area contributed by atoms with Crippen molar-refractivity contribution in [2.45, 2.75) is 43.7 Å². The molecular weight excluding hydrogens is 413 g/mol. The molecule has 2 heterocycles. The number of phenolic OH excluding ortho intramolecular Hbond substituents is 1. The number of aromatic nitrogens is 1. The minimum Gasteiger partial charge on any atom is -0.505 e. The van der Waals surface area contributed by atoms with Gasteiger partial charge in [-0.2, -0.15) is 0 Å². The second kappa shape index (κ2) is 8.77. The van der Waals surface area contributed by atoms with Crippen molar-refractivity contribution < 1.29 is 13.7 Å². The number of para-hydroxylation sites is 1. The fourth-order valence-corrected chi connectivity index (χ4v) is 5.31. The Morgan fingerprint density at radius 2 is 1.94 bits per heavy atom. The van der Waals surface area contributed by atoms with Crippen LogP contribution in [0.4, 0.5) is 15.8 Å². The van der Waals surface area contributed by atoms with Crippen molar-refractivity contribution in [2.24, 2.45) is 0 Å². The van der Waals surface area contributed by atoms with Crippen LogP contribution in [0.3, 0.4) is 0 Å². The van der Waals surface area contributed by atoms with Gasteiger partial charge >= 0.3 is 0 Å². The number of phenols is 1. The molecule has 0 spiro atoms. The van der Waals surface area contributed by atoms with E-state index in [2.05, 4.69) is 29.0 Å². The first-order valence-corrected chi connectivity index (χ1v) is 11.5. The molecule has 0 amide bonds. The SMILES string of the molecule is Cc1ccc2c(n1)S(=O)c1ccc(C)c(C)c1N2CCCNCc1cccc(F)c1O. The first kappa shape index (κ1) is 21.5. The Balaban J connectivity index is 1.53. The number of halogens is 1. The number of nitrogens with zero attached hydrogens (tertiary/aromatic N) is 2. The summed E-state index contributed by atoms with van der Waals surface area (Å²) in [5, 5.41) is 13.7. The predicted molar refractivity (Wildman–Crippen MR) is 121 cm³/mol. The summed E-state index contributed by atoms with van der Waals surface area (Å²) in [4.78, 5) is 7.59. The minimum atomic E-state index is -1.31. The molecule has 162 valence electrons. The van der Waals surface area contributed by atoms with E-state index < -0.39 is 16.6 Å². The second-order valence-corrected chi connectivity index (χ2v) is 9.19. The van der Waals surface area contributed by atoms with Crippen LogP contribution in [-0.4, -0.2) is 27.4 Å². The first-order valence-electron chi connectivity index (χ1n) is 10.3. The van der Waals surface area contributed by atoms with Crippen molar-refractivity contribution in [1.29, 1.82) is 0 Å². The molecular formula is C24H26FN3O2S. The lowest BCUT2D eigenvalue weighted by molar-refractivity contribution is 0.423. The molecule has 1 unspecified atom stereocenters. The largest absolute Gasteiger partial charge is 0.505 e. The van der Waals surface area contributed by atoms with Gasteiger partial charge in [0.25, 0.3) is 0 Å². The predicted octanol–water partition coefficient (Wildman–Crippen LogP) is 4.65. The van der Waals surface area contributed by atoms with Gasteiger partial charge in [0.05, 0.1) is 16.3 Å². The van der Waals surface area contributed by atoms with Crippen molar-refractivity contribution in [3.8, 4) is 5.75 Å². The molecule has 0 bridgehead atoms. The van der Waals surface area contributed by atoms with Gasteiger partial charge in [-0.3, -0.25) is 0 Å². The molecule has 4 rings (SSSR count). The fraction of sp³-hybridized carbons (Fsp3) is 0.292. The molecule has 5 nitrogen and oxygen atoms in total. The van der Waals surface area contributed by atoms with E-state index >= 15 is 0 Å². The van der Waals surface area contributed by atoms with Crippen LogP contribution in [-0.2, 0) is 17.3 Å². The van der Waals surface area contributed by atoms with E-state index in [1.807, 2.05) is 31.2 Å². The summed E-state index contributed by atoms with van der Waals surface area (Å²) < 4.78 is 26.7. The summed E-state index contributed by atoms with van der Waals surface area (Å²) >= 11 is 0. The quantitative estimate of drug-likeness (QED) is 0.548. The molecule has 1 aromatic heterocycles. The Labute approximate surface area is 184 Å². The number of fused-ring (bicyclic) bond motifs is 2. The maximum Gasteiger partial charge on any atom is 0.165 e. The number of rotatable bonds is 6. The first-order chi connectivity index (χ1) is 14.9. The number of benzene rings is 2. The molecule has 1 aliphatic heterocycles. The van der Waals surface area contributed by atoms with Crippen molar-refractivity contribution >= 4 is 22.2 Å². The van der Waals surface area contributed by atoms with E-state index in [1.54, 1.807) is 12.1 Å². The van der Waals surface area contributed by atoms with Crippen LogP contribution in [0.25, 0.3) is 0 Å². The molecule has 0 fully saturated rings. The normalized spacial score (nSPS) is 15.0. The highest BCUT2D eigenvalue weighted by molar-refractivity contribution is 7.85. The van der Waals surface area contributed by atoms with Gasteiger partial charge in [0.1, 0.15) is 10.8 Å². The number of hydrogen-bond donors (Lipinski definition) is 2. The van der Waals surface area contributed by atoms with E-state index in [0.717, 1.165) is 39.5 Å². The maximum absolute atomic E-state index is 13.5. The van der Waals surface area contributed by atoms with Gasteiger partial charge < -0.3 is 15.3 Å². The minimum absolute atomic E-state index is 0.302. The smallest absolute Gasteiger partial charge is 0.165 e. The van der Waals surface area contributed by atoms with Crippen LogP contribution in [0, 0.1) is 26.6 Å². The summed E-state index contributed by atoms with van der Waals surface area (Å²) in [6.45, 7) is 7.82. The highest BCUT2D eigenvalue weighted by Gasteiger charge is 2.31. The van der Waals surface area contributed by atoms with Gasteiger partial charge in [-0.1, -0.05) is 18.2 Å². The van der Waals surface area contributed by atoms with Gasteiger partial charge in [0.2, 0.25) is 0 Å². The van der Waals surface area contributed by atoms with Gasteiger partial charge in [-0.25, -0.2) is 13.6 Å². The van der Waals surface area contributed by atoms with E-state index in [9.17, 15) is 13.7 Å². The van der Waals surface area contributed by atoms with Gasteiger partial charge in [0, 0.05) is 24.3 Å². The molecule has 7 heteroatoms. The van der Waals surface area contributed by atoms with Crippen LogP contribution in [0.15, 0.2) is 52.4 Å². The molecule has 0 radical (unpaired) electrons. The molecule has 3 aromatic rings. The highest BCUT2D eigenvalue weighted by atomic mass is 32.2. The molecule has 0 aliphatic carbocycles. The standard InChI is InChI=1S/C24H26FN3O2S/c1-15-8-11-21-22(17(15)3)28(20-10-9-16(2)27-24(20)31(21)30)13-5-12-26-14-18-6-4-7-19(25)23(18)29/h4,6-11,26,29H,5,12-14H2,1-3H3. The Morgan fingerprint density at radius 3 is 2.74 bits per heavy atom. The Hall–Kier alpha value is -2.77. The number of aryl methyl sites for hydroxylation is 2. The third-order valence-electron chi connectivity index (χ3n) is 5.70. The van der Waals surface area contributed by atoms with E-state index in [1.165, 1.54) is 6.07 Å². The molecule has 1 aliphatic rings. The third-order valence-corrected chi connectivity index (χ3v) is 7.08. The highest BCUT2D eigenvalue weighted by Crippen LogP contribution is 2.43. The summed E-state index contributed by atoms with van der Waals surface area (Å²) in [5.41, 5.74) is 5.54. The van der Waals surface area contributed by atoms with Crippen molar-refractivity contribution in [1.82, 2.24) is 10.3 Å². The fourth-order valence-electron chi connectivity index (χ4n) is 3.87. The number of pyridine rings is 1. The Morgan fingerprint density at radius 1 is 1.13 bits per heavy atom. The molecule has 2 N–H and O–H groups in total. The van der Waals surface area contributed by atoms with E-state index in [4.69, 9.17) is 0 Å². The zero-order chi connectivity index (χ0) is 22.1. The average Bonchev–Trinajstić information content (AvgIpc) is 2.75. The molecule has 0 saturated carbocycles. The number of nitrogens with one attached hydrogen (secondary N) is 1. The zero-order valence-electron chi connectivity index (χ0n) is 17.9. The Bertz CT molecular complexity index is 1170. The summed E-state index contributed by atoms with van der Waals surface area (Å²) in [6.07, 6.45) is 0.808. The molecule has 2 aromatic carbocycles. The second-order valence-electron chi connectivity index (χ2n) is 7.83. The lowest BCUT2D eigenvalue weighted by Crippen LogP contribution is -2.29. The summed E-state index contributed by atoms with van der Waals surface area (Å²) in [6, 6.07) is 12.4. The van der Waals surface area contributed by atoms with Crippen LogP contribution < -0.4 is 10.2 Å². The monoisotopic (exact) mass is 439 g/mol. The summed E-state index contributed by atoms with van der Waals surface area (Å²) in [5.74, 6) is -0.911. The van der Waals surface area contributed by atoms with Crippen LogP contribution in [0.2, 0.25) is 0 Å². The summed E-state index contributed by atoms with van der Waals surface area (Å²) in [7, 11) is -1.31. The number of aromatic hydroxyl groups is 1. The topological polar surface area (TPSA) is 65.5 Å². The average molecular weight is 440 g/mol. The lowest BCUT2D eigenvalue weighted by Gasteiger charge is -2.34. The number of anilines is 2. The zero-order valence-corrected chi connectivity index (χ0v) is 18.7. The lowest BCUT2D eigenvalue weighted by atomic mass is 10.1. The molecule has 31 heavy (non-hydrogen) atoms. The van der Waals surface area contributed by atoms with Crippen LogP contribution in [0.5, 0.6) is 5.75 Å². The maximum atomic E-state index is 13.5. The van der Waals surface area contributed by atoms with E-state index in [-0.39, 0.29) is 5.75 Å². The van der Waals surface area contributed by atoms with Crippen molar-refractivity contribution in [3.05, 3.63) is 70.7 Å². The molecule has 0 saturated heterocycles. The van der Waals surface area contributed by atoms with Gasteiger partial charge in [-0.05, 0) is 69.1 Å². The van der Waals surface area contributed by atoms with Crippen molar-refractivity contribution in [3.63, 3.8) is 0 Å². The van der Waals surface area contributed by atoms with Crippen LogP contribution in [0.1, 0.15) is 28.8 Å². The molecule has 1 atom stereocenters. The number of hydrogen-bond acceptors (Lipinski definition) is 5. The third kappa shape index (κ3) is 4.07.